The van der Waals surface area contributed by atoms with Crippen LogP contribution in [0.5, 0.6) is 0 Å². The van der Waals surface area contributed by atoms with E-state index in [1.165, 1.54) is 61.2 Å². The van der Waals surface area contributed by atoms with E-state index in [4.69, 9.17) is 54.9 Å². The Morgan fingerprint density at radius 2 is 0.625 bits per heavy atom. The first kappa shape index (κ1) is 78.3. The van der Waals surface area contributed by atoms with E-state index in [1.54, 1.807) is 12.1 Å². The summed E-state index contributed by atoms with van der Waals surface area (Å²) in [6, 6.07) is 70.5. The van der Waals surface area contributed by atoms with Crippen LogP contribution in [-0.4, -0.2) is 0 Å². The Bertz CT molecular complexity index is 7810. The second kappa shape index (κ2) is 31.9. The molecule has 15 nitrogen and oxygen atoms in total. The number of benzene rings is 10. The standard InChI is InChI=1S/5C21H17N2O/c1-13-9-10-23(4)17(11-13)20-14(2)5-8-18-21(20)16-7-6-15(22-3)12-19(16)24-18;1-13-9-10-23(4)17(11-13)20-14(2)5-7-19-21(20)16-12-15(22-3)6-8-18(16)24-19;1-13-8-9-23(4)18(10-13)15-12-16-20(11-14(15)2)24-19-7-5-6-17(22-3)21(16)19;1-13-10-11-23(4)17(12-13)19-14(2)8-9-18-20(19)15-6-5-7-16(22-3)21(15)24-18;1-13-9-10-23(4)16(11-13)19-14(2)12-18-20(21(19)22-3)15-7-5-6-8-17(15)24-18/h5*5-12H,1-2,4H3/q5*+1. The van der Waals surface area contributed by atoms with Crippen LogP contribution in [0, 0.1) is 102 Å². The molecule has 0 aliphatic heterocycles. The molecule has 10 heterocycles. The van der Waals surface area contributed by atoms with Crippen molar-refractivity contribution < 1.29 is 44.9 Å². The molecule has 0 spiro atoms. The largest absolute Gasteiger partial charge is 0.467 e. The van der Waals surface area contributed by atoms with E-state index in [1.807, 2.05) is 129 Å². The van der Waals surface area contributed by atoms with Gasteiger partial charge in [0.1, 0.15) is 91.1 Å². The van der Waals surface area contributed by atoms with E-state index >= 15 is 0 Å². The monoisotopic (exact) mass is 1570 g/mol. The van der Waals surface area contributed by atoms with Gasteiger partial charge in [-0.1, -0.05) is 84.9 Å². The molecule has 0 fully saturated rings. The van der Waals surface area contributed by atoms with Crippen molar-refractivity contribution in [3.63, 3.8) is 0 Å². The zero-order chi connectivity index (χ0) is 84.2. The van der Waals surface area contributed by atoms with Gasteiger partial charge >= 0.3 is 0 Å². The maximum Gasteiger partial charge on any atom is 0.229 e. The Labute approximate surface area is 695 Å². The first-order valence-corrected chi connectivity index (χ1v) is 39.4. The van der Waals surface area contributed by atoms with Gasteiger partial charge in [-0.25, -0.2) is 47.1 Å². The number of nitrogens with zero attached hydrogens (tertiary/aromatic N) is 10. The number of aryl methyl sites for hydroxylation is 15. The maximum absolute atomic E-state index is 7.82. The topological polar surface area (TPSA) is 107 Å². The Kier molecular flexibility index (Phi) is 20.8. The number of rotatable bonds is 5. The van der Waals surface area contributed by atoms with Gasteiger partial charge in [0.05, 0.1) is 55.1 Å². The lowest BCUT2D eigenvalue weighted by molar-refractivity contribution is -0.660. The van der Waals surface area contributed by atoms with Crippen molar-refractivity contribution in [1.82, 2.24) is 0 Å². The van der Waals surface area contributed by atoms with Crippen molar-refractivity contribution in [2.24, 2.45) is 35.2 Å². The molecule has 20 aromatic rings. The van der Waals surface area contributed by atoms with Crippen LogP contribution in [0.2, 0.25) is 0 Å². The van der Waals surface area contributed by atoms with Gasteiger partial charge in [0.2, 0.25) is 39.8 Å². The molecule has 0 aliphatic rings. The number of para-hydroxylation sites is 2. The van der Waals surface area contributed by atoms with E-state index in [-0.39, 0.29) is 0 Å². The van der Waals surface area contributed by atoms with Crippen molar-refractivity contribution in [2.75, 3.05) is 0 Å². The molecule has 0 atom stereocenters. The Morgan fingerprint density at radius 3 is 1.17 bits per heavy atom. The lowest BCUT2D eigenvalue weighted by atomic mass is 9.97. The van der Waals surface area contributed by atoms with Crippen LogP contribution >= 0.6 is 0 Å². The summed E-state index contributed by atoms with van der Waals surface area (Å²) < 4.78 is 40.6. The van der Waals surface area contributed by atoms with Crippen molar-refractivity contribution in [1.29, 1.82) is 0 Å². The zero-order valence-electron chi connectivity index (χ0n) is 69.6. The second-order valence-electron chi connectivity index (χ2n) is 31.1. The summed E-state index contributed by atoms with van der Waals surface area (Å²) in [5.74, 6) is 0. The first-order valence-electron chi connectivity index (χ1n) is 39.4. The summed E-state index contributed by atoms with van der Waals surface area (Å²) in [6.45, 7) is 58.1. The van der Waals surface area contributed by atoms with Crippen LogP contribution in [0.25, 0.3) is 190 Å². The van der Waals surface area contributed by atoms with E-state index in [0.717, 1.165) is 155 Å². The summed E-state index contributed by atoms with van der Waals surface area (Å²) in [6.07, 6.45) is 10.4. The molecular weight excluding hydrogens is 1480 g/mol. The number of aromatic nitrogens is 5. The average molecular weight is 1570 g/mol. The molecule has 15 heteroatoms. The summed E-state index contributed by atoms with van der Waals surface area (Å²) >= 11 is 0. The molecule has 0 radical (unpaired) electrons. The summed E-state index contributed by atoms with van der Waals surface area (Å²) in [5, 5.41) is 10.1. The van der Waals surface area contributed by atoms with E-state index in [2.05, 4.69) is 253 Å². The fourth-order valence-corrected chi connectivity index (χ4v) is 16.5. The van der Waals surface area contributed by atoms with Crippen molar-refractivity contribution in [3.8, 4) is 56.3 Å². The SMILES string of the molecule is [C-]#[N+]c1c(-c2cc(C)cc[n+]2C)c(C)cc2oc3ccccc3c12.[C-]#[N+]c1ccc2c(c1)oc1ccc(C)c(-c3cc(C)cc[n+]3C)c12.[C-]#[N+]c1ccc2oc3ccc(C)c(-c4cc(C)cc[n+]4C)c3c2c1.[C-]#[N+]c1cccc2c1oc1ccc(C)c(-c3cc(C)cc[n+]3C)c12.[C-]#[N+]c1cccc2oc3cc(C)c(-c4cc(C)cc[n+]4C)cc3c12. The average Bonchev–Trinajstić information content (AvgIpc) is 1.61. The minimum atomic E-state index is 0.556. The Morgan fingerprint density at radius 1 is 0.242 bits per heavy atom. The third-order valence-electron chi connectivity index (χ3n) is 22.6. The lowest BCUT2D eigenvalue weighted by Crippen LogP contribution is -2.30. The van der Waals surface area contributed by atoms with Gasteiger partial charge in [-0.2, -0.15) is 0 Å². The highest BCUT2D eigenvalue weighted by Crippen LogP contribution is 2.47. The van der Waals surface area contributed by atoms with Gasteiger partial charge in [0.25, 0.3) is 0 Å². The van der Waals surface area contributed by atoms with Crippen LogP contribution in [0.3, 0.4) is 0 Å². The Balaban J connectivity index is 0.000000112. The highest BCUT2D eigenvalue weighted by molar-refractivity contribution is 6.18. The molecule has 10 aromatic carbocycles. The predicted molar refractivity (Wildman–Crippen MR) is 480 cm³/mol. The summed E-state index contributed by atoms with van der Waals surface area (Å²) in [5.41, 5.74) is 34.3. The van der Waals surface area contributed by atoms with E-state index in [9.17, 15) is 0 Å². The highest BCUT2D eigenvalue weighted by atomic mass is 16.3. The van der Waals surface area contributed by atoms with Crippen molar-refractivity contribution in [2.45, 2.75) is 69.2 Å². The molecule has 0 saturated heterocycles. The van der Waals surface area contributed by atoms with Gasteiger partial charge in [0, 0.05) is 120 Å². The molecule has 0 amide bonds. The minimum absolute atomic E-state index is 0.556. The first-order chi connectivity index (χ1) is 57.9. The van der Waals surface area contributed by atoms with Gasteiger partial charge in [-0.15, -0.1) is 0 Å². The zero-order valence-corrected chi connectivity index (χ0v) is 69.6. The second-order valence-corrected chi connectivity index (χ2v) is 31.1. The molecule has 580 valence electrons. The molecule has 0 aliphatic carbocycles. The number of pyridine rings is 5. The van der Waals surface area contributed by atoms with E-state index < -0.39 is 0 Å². The van der Waals surface area contributed by atoms with Crippen LogP contribution < -0.4 is 22.8 Å². The van der Waals surface area contributed by atoms with Crippen LogP contribution in [-0.2, 0) is 35.2 Å². The third-order valence-corrected chi connectivity index (χ3v) is 22.6. The number of fused-ring (bicyclic) bond motifs is 15. The normalized spacial score (nSPS) is 11.1. The number of furan rings is 5. The highest BCUT2D eigenvalue weighted by Gasteiger charge is 2.28. The molecule has 10 aromatic heterocycles. The van der Waals surface area contributed by atoms with Crippen LogP contribution in [0.4, 0.5) is 28.4 Å². The summed E-state index contributed by atoms with van der Waals surface area (Å²) in [4.78, 5) is 18.2. The van der Waals surface area contributed by atoms with Gasteiger partial charge in [-0.05, 0) is 192 Å². The number of hydrogen-bond acceptors (Lipinski definition) is 5. The van der Waals surface area contributed by atoms with Crippen LogP contribution in [0.15, 0.2) is 265 Å². The predicted octanol–water partition coefficient (Wildman–Crippen LogP) is 26.2. The molecule has 120 heavy (non-hydrogen) atoms. The lowest BCUT2D eigenvalue weighted by Gasteiger charge is -2.08. The summed E-state index contributed by atoms with van der Waals surface area (Å²) in [7, 11) is 10.2. The van der Waals surface area contributed by atoms with E-state index in [0.29, 0.717) is 34.0 Å². The Hall–Kier alpha value is -15.6. The fraction of sp³-hybridized carbons (Fsp3) is 0.143. The molecule has 0 bridgehead atoms. The minimum Gasteiger partial charge on any atom is -0.467 e. The molecule has 0 unspecified atom stereocenters. The number of hydrogen-bond donors (Lipinski definition) is 0. The van der Waals surface area contributed by atoms with Crippen molar-refractivity contribution in [3.05, 3.63) is 356 Å². The fourth-order valence-electron chi connectivity index (χ4n) is 16.5. The molecule has 20 rings (SSSR count). The molecule has 0 saturated carbocycles. The smallest absolute Gasteiger partial charge is 0.229 e. The third kappa shape index (κ3) is 14.3. The van der Waals surface area contributed by atoms with Gasteiger partial charge in [-0.3, -0.25) is 0 Å². The van der Waals surface area contributed by atoms with Gasteiger partial charge in [0.15, 0.2) is 48.0 Å². The molecular formula is C105H85N10O5+5. The van der Waals surface area contributed by atoms with Gasteiger partial charge < -0.3 is 22.1 Å². The van der Waals surface area contributed by atoms with Crippen LogP contribution in [0.1, 0.15) is 55.6 Å². The van der Waals surface area contributed by atoms with Crippen molar-refractivity contribution >= 4 is 138 Å². The quantitative estimate of drug-likeness (QED) is 0.126. The molecule has 0 N–H and O–H groups in total. The maximum atomic E-state index is 7.82.